The summed E-state index contributed by atoms with van der Waals surface area (Å²) in [4.78, 5) is 43.2. The van der Waals surface area contributed by atoms with E-state index in [-0.39, 0.29) is 36.9 Å². The third-order valence-electron chi connectivity index (χ3n) is 6.56. The molecule has 3 saturated heterocycles. The molecule has 7 nitrogen and oxygen atoms in total. The molecule has 142 valence electrons. The van der Waals surface area contributed by atoms with Gasteiger partial charge in [-0.15, -0.1) is 0 Å². The lowest BCUT2D eigenvalue weighted by molar-refractivity contribution is -0.146. The predicted octanol–water partition coefficient (Wildman–Crippen LogP) is 1.21. The van der Waals surface area contributed by atoms with Crippen molar-refractivity contribution in [1.82, 2.24) is 9.80 Å². The Morgan fingerprint density at radius 2 is 2.11 bits per heavy atom. The van der Waals surface area contributed by atoms with Crippen LogP contribution in [-0.2, 0) is 24.7 Å². The zero-order valence-electron chi connectivity index (χ0n) is 14.9. The molecule has 4 atom stereocenters. The van der Waals surface area contributed by atoms with Gasteiger partial charge in [0.2, 0.25) is 17.7 Å². The monoisotopic (exact) mass is 389 g/mol. The molecule has 8 heteroatoms. The second-order valence-corrected chi connectivity index (χ2v) is 8.07. The molecule has 0 saturated carbocycles. The Balaban J connectivity index is 1.69. The number of carbonyl (C=O) groups is 3. The first-order valence-electron chi connectivity index (χ1n) is 9.24. The maximum absolute atomic E-state index is 13.3. The number of anilines is 1. The second kappa shape index (κ2) is 5.77. The number of halogens is 1. The number of amides is 3. The first kappa shape index (κ1) is 17.2. The summed E-state index contributed by atoms with van der Waals surface area (Å²) in [6.45, 7) is 1.19. The molecule has 5 rings (SSSR count). The summed E-state index contributed by atoms with van der Waals surface area (Å²) in [5.41, 5.74) is 0.237. The molecule has 27 heavy (non-hydrogen) atoms. The third-order valence-corrected chi connectivity index (χ3v) is 6.80. The average Bonchev–Trinajstić information content (AvgIpc) is 3.33. The number of fused-ring (bicyclic) bond motifs is 7. The van der Waals surface area contributed by atoms with Crippen molar-refractivity contribution >= 4 is 35.0 Å². The predicted molar refractivity (Wildman–Crippen MR) is 97.1 cm³/mol. The van der Waals surface area contributed by atoms with Gasteiger partial charge in [0, 0.05) is 29.4 Å². The van der Waals surface area contributed by atoms with Gasteiger partial charge in [0.1, 0.15) is 5.54 Å². The van der Waals surface area contributed by atoms with E-state index in [9.17, 15) is 14.4 Å². The molecule has 1 N–H and O–H groups in total. The number of hydrogen-bond donors (Lipinski definition) is 1. The van der Waals surface area contributed by atoms with Gasteiger partial charge in [-0.3, -0.25) is 24.2 Å². The highest BCUT2D eigenvalue weighted by atomic mass is 35.5. The van der Waals surface area contributed by atoms with E-state index in [1.54, 1.807) is 18.2 Å². The van der Waals surface area contributed by atoms with Crippen LogP contribution in [0.4, 0.5) is 5.69 Å². The quantitative estimate of drug-likeness (QED) is 0.786. The number of ether oxygens (including phenoxy) is 1. The van der Waals surface area contributed by atoms with Crippen LogP contribution in [0.15, 0.2) is 18.2 Å². The highest BCUT2D eigenvalue weighted by Gasteiger charge is 2.74. The fraction of sp³-hybridized carbons (Fsp3) is 0.526. The van der Waals surface area contributed by atoms with Crippen molar-refractivity contribution in [1.29, 1.82) is 0 Å². The third kappa shape index (κ3) is 1.97. The molecule has 4 aliphatic rings. The number of hydrogen-bond acceptors (Lipinski definition) is 5. The Morgan fingerprint density at radius 3 is 2.89 bits per heavy atom. The summed E-state index contributed by atoms with van der Waals surface area (Å²) in [6.07, 6.45) is 1.71. The van der Waals surface area contributed by atoms with Crippen LogP contribution < -0.4 is 5.32 Å². The van der Waals surface area contributed by atoms with E-state index in [1.165, 1.54) is 12.0 Å². The summed E-state index contributed by atoms with van der Waals surface area (Å²) in [7, 11) is 1.54. The smallest absolute Gasteiger partial charge is 0.250 e. The van der Waals surface area contributed by atoms with Gasteiger partial charge >= 0.3 is 0 Å². The Labute approximate surface area is 161 Å². The van der Waals surface area contributed by atoms with Crippen LogP contribution in [0.25, 0.3) is 0 Å². The summed E-state index contributed by atoms with van der Waals surface area (Å²) in [5, 5.41) is 3.44. The van der Waals surface area contributed by atoms with Crippen molar-refractivity contribution < 1.29 is 19.1 Å². The van der Waals surface area contributed by atoms with Gasteiger partial charge < -0.3 is 10.1 Å². The fourth-order valence-corrected chi connectivity index (χ4v) is 5.81. The number of nitrogens with zero attached hydrogens (tertiary/aromatic N) is 2. The molecule has 1 aromatic carbocycles. The number of carbonyl (C=O) groups excluding carboxylic acids is 3. The van der Waals surface area contributed by atoms with Crippen molar-refractivity contribution in [3.8, 4) is 0 Å². The van der Waals surface area contributed by atoms with E-state index in [4.69, 9.17) is 16.3 Å². The lowest BCUT2D eigenvalue weighted by Gasteiger charge is -2.36. The topological polar surface area (TPSA) is 78.9 Å². The largest absolute Gasteiger partial charge is 0.383 e. The average molecular weight is 390 g/mol. The Kier molecular flexibility index (Phi) is 3.67. The maximum atomic E-state index is 13.3. The molecule has 0 radical (unpaired) electrons. The number of benzene rings is 1. The van der Waals surface area contributed by atoms with Crippen molar-refractivity contribution in [2.45, 2.75) is 24.4 Å². The SMILES string of the molecule is COCCN1C(=O)[C@@H]2[C@@H](C1=O)[C@]1(C(=O)Nc3ccc(Cl)cc31)N1CCC[C@@H]21. The molecular weight excluding hydrogens is 370 g/mol. The zero-order chi connectivity index (χ0) is 18.9. The lowest BCUT2D eigenvalue weighted by atomic mass is 9.75. The summed E-state index contributed by atoms with van der Waals surface area (Å²) >= 11 is 6.24. The van der Waals surface area contributed by atoms with Crippen LogP contribution in [0.3, 0.4) is 0 Å². The number of rotatable bonds is 3. The van der Waals surface area contributed by atoms with Crippen LogP contribution >= 0.6 is 11.6 Å². The molecule has 4 aliphatic heterocycles. The molecule has 1 aromatic rings. The molecule has 0 bridgehead atoms. The van der Waals surface area contributed by atoms with Crippen LogP contribution in [0, 0.1) is 11.8 Å². The van der Waals surface area contributed by atoms with Gasteiger partial charge in [0.25, 0.3) is 0 Å². The van der Waals surface area contributed by atoms with Crippen LogP contribution in [-0.4, -0.2) is 60.4 Å². The first-order valence-corrected chi connectivity index (χ1v) is 9.62. The molecule has 0 unspecified atom stereocenters. The minimum atomic E-state index is -1.15. The van der Waals surface area contributed by atoms with E-state index in [0.29, 0.717) is 22.8 Å². The number of methoxy groups -OCH3 is 1. The first-order chi connectivity index (χ1) is 13.0. The van der Waals surface area contributed by atoms with Crippen molar-refractivity contribution in [3.05, 3.63) is 28.8 Å². The van der Waals surface area contributed by atoms with Crippen LogP contribution in [0.1, 0.15) is 18.4 Å². The zero-order valence-corrected chi connectivity index (χ0v) is 15.7. The lowest BCUT2D eigenvalue weighted by Crippen LogP contribution is -2.54. The molecule has 0 aromatic heterocycles. The normalized spacial score (nSPS) is 34.4. The summed E-state index contributed by atoms with van der Waals surface area (Å²) in [6, 6.07) is 5.16. The van der Waals surface area contributed by atoms with Crippen molar-refractivity contribution in [3.63, 3.8) is 0 Å². The highest BCUT2D eigenvalue weighted by molar-refractivity contribution is 6.31. The number of imide groups is 1. The number of likely N-dealkylation sites (tertiary alicyclic amines) is 1. The minimum absolute atomic E-state index is 0.102. The molecular formula is C19H20ClN3O4. The van der Waals surface area contributed by atoms with Gasteiger partial charge in [-0.1, -0.05) is 11.6 Å². The van der Waals surface area contributed by atoms with Gasteiger partial charge in [-0.05, 0) is 37.6 Å². The minimum Gasteiger partial charge on any atom is -0.383 e. The van der Waals surface area contributed by atoms with Crippen LogP contribution in [0.5, 0.6) is 0 Å². The highest BCUT2D eigenvalue weighted by Crippen LogP contribution is 2.60. The van der Waals surface area contributed by atoms with E-state index in [2.05, 4.69) is 10.2 Å². The van der Waals surface area contributed by atoms with E-state index < -0.39 is 17.4 Å². The van der Waals surface area contributed by atoms with Gasteiger partial charge in [-0.2, -0.15) is 0 Å². The maximum Gasteiger partial charge on any atom is 0.250 e. The fourth-order valence-electron chi connectivity index (χ4n) is 5.64. The number of nitrogens with one attached hydrogen (secondary N) is 1. The Hall–Kier alpha value is -1.96. The van der Waals surface area contributed by atoms with Gasteiger partial charge in [0.15, 0.2) is 0 Å². The van der Waals surface area contributed by atoms with Crippen molar-refractivity contribution in [2.24, 2.45) is 11.8 Å². The van der Waals surface area contributed by atoms with Gasteiger partial charge in [-0.25, -0.2) is 0 Å². The molecule has 3 amide bonds. The molecule has 4 heterocycles. The Bertz CT molecular complexity index is 875. The molecule has 0 aliphatic carbocycles. The Morgan fingerprint density at radius 1 is 1.30 bits per heavy atom. The molecule has 1 spiro atoms. The second-order valence-electron chi connectivity index (χ2n) is 7.64. The van der Waals surface area contributed by atoms with E-state index in [1.807, 2.05) is 0 Å². The van der Waals surface area contributed by atoms with E-state index >= 15 is 0 Å². The van der Waals surface area contributed by atoms with Crippen LogP contribution in [0.2, 0.25) is 5.02 Å². The van der Waals surface area contributed by atoms with E-state index in [0.717, 1.165) is 12.8 Å². The molecule has 3 fully saturated rings. The van der Waals surface area contributed by atoms with Gasteiger partial charge in [0.05, 0.1) is 25.0 Å². The summed E-state index contributed by atoms with van der Waals surface area (Å²) < 4.78 is 5.07. The van der Waals surface area contributed by atoms with Crippen molar-refractivity contribution in [2.75, 3.05) is 32.1 Å². The summed E-state index contributed by atoms with van der Waals surface area (Å²) in [5.74, 6) is -1.90. The standard InChI is InChI=1S/C19H20ClN3O4/c1-27-8-7-22-16(24)14-13-3-2-6-23(13)19(15(14)17(22)25)11-9-10(20)4-5-12(11)21-18(19)26/h4-5,9,13-15H,2-3,6-8H2,1H3,(H,21,26)/t13-,14-,15-,19+/m0/s1.